The number of hydrogen-bond acceptors (Lipinski definition) is 3. The van der Waals surface area contributed by atoms with Gasteiger partial charge in [-0.1, -0.05) is 19.9 Å². The highest BCUT2D eigenvalue weighted by Gasteiger charge is 2.17. The first-order valence-electron chi connectivity index (χ1n) is 6.23. The Balaban J connectivity index is 2.73. The van der Waals surface area contributed by atoms with Gasteiger partial charge in [-0.05, 0) is 37.0 Å². The van der Waals surface area contributed by atoms with Crippen molar-refractivity contribution in [3.63, 3.8) is 0 Å². The van der Waals surface area contributed by atoms with Crippen molar-refractivity contribution in [3.05, 3.63) is 29.6 Å². The zero-order valence-electron chi connectivity index (χ0n) is 11.5. The van der Waals surface area contributed by atoms with Crippen molar-refractivity contribution in [2.75, 3.05) is 6.54 Å². The third-order valence-electron chi connectivity index (χ3n) is 2.76. The fourth-order valence-electron chi connectivity index (χ4n) is 1.73. The van der Waals surface area contributed by atoms with Crippen LogP contribution in [0.3, 0.4) is 0 Å². The highest BCUT2D eigenvalue weighted by Crippen LogP contribution is 2.14. The molecule has 0 aliphatic carbocycles. The minimum Gasteiger partial charge on any atom is -0.327 e. The molecule has 108 valence electrons. The summed E-state index contributed by atoms with van der Waals surface area (Å²) in [5, 5.41) is 0. The van der Waals surface area contributed by atoms with Gasteiger partial charge in [-0.25, -0.2) is 17.5 Å². The van der Waals surface area contributed by atoms with Crippen molar-refractivity contribution in [2.45, 2.75) is 38.1 Å². The van der Waals surface area contributed by atoms with Crippen LogP contribution in [0.15, 0.2) is 23.1 Å². The molecule has 0 amide bonds. The molecular formula is C13H21FN2O2S. The summed E-state index contributed by atoms with van der Waals surface area (Å²) in [6.07, 6.45) is 0.727. The van der Waals surface area contributed by atoms with Crippen LogP contribution in [0.25, 0.3) is 0 Å². The molecule has 0 bridgehead atoms. The van der Waals surface area contributed by atoms with E-state index in [2.05, 4.69) is 4.72 Å². The van der Waals surface area contributed by atoms with Crippen LogP contribution in [0.1, 0.15) is 25.8 Å². The lowest BCUT2D eigenvalue weighted by Crippen LogP contribution is -2.38. The molecule has 1 unspecified atom stereocenters. The summed E-state index contributed by atoms with van der Waals surface area (Å²) in [7, 11) is -3.70. The maximum atomic E-state index is 13.4. The number of hydrogen-bond donors (Lipinski definition) is 2. The van der Waals surface area contributed by atoms with Crippen LogP contribution in [-0.2, 0) is 10.0 Å². The van der Waals surface area contributed by atoms with Crippen molar-refractivity contribution >= 4 is 10.0 Å². The molecule has 19 heavy (non-hydrogen) atoms. The van der Waals surface area contributed by atoms with Gasteiger partial charge >= 0.3 is 0 Å². The molecule has 0 fully saturated rings. The highest BCUT2D eigenvalue weighted by atomic mass is 32.2. The van der Waals surface area contributed by atoms with Gasteiger partial charge in [-0.15, -0.1) is 0 Å². The van der Waals surface area contributed by atoms with Crippen LogP contribution >= 0.6 is 0 Å². The summed E-state index contributed by atoms with van der Waals surface area (Å²) in [5.41, 5.74) is 6.23. The van der Waals surface area contributed by atoms with Gasteiger partial charge in [-0.2, -0.15) is 0 Å². The van der Waals surface area contributed by atoms with Gasteiger partial charge < -0.3 is 5.73 Å². The van der Waals surface area contributed by atoms with Gasteiger partial charge in [0.2, 0.25) is 10.0 Å². The Morgan fingerprint density at radius 2 is 2.00 bits per heavy atom. The van der Waals surface area contributed by atoms with Crippen LogP contribution in [0.5, 0.6) is 0 Å². The monoisotopic (exact) mass is 288 g/mol. The molecule has 0 saturated carbocycles. The van der Waals surface area contributed by atoms with Crippen LogP contribution in [-0.4, -0.2) is 21.0 Å². The summed E-state index contributed by atoms with van der Waals surface area (Å²) >= 11 is 0. The van der Waals surface area contributed by atoms with Gasteiger partial charge in [0.1, 0.15) is 5.82 Å². The molecule has 6 heteroatoms. The Morgan fingerprint density at radius 3 is 2.53 bits per heavy atom. The van der Waals surface area contributed by atoms with E-state index in [0.29, 0.717) is 11.5 Å². The molecule has 0 aliphatic heterocycles. The van der Waals surface area contributed by atoms with Crippen molar-refractivity contribution in [3.8, 4) is 0 Å². The Hall–Kier alpha value is -0.980. The Kier molecular flexibility index (Phi) is 5.46. The number of benzene rings is 1. The average molecular weight is 288 g/mol. The first kappa shape index (κ1) is 16.1. The maximum absolute atomic E-state index is 13.4. The van der Waals surface area contributed by atoms with E-state index < -0.39 is 15.8 Å². The minimum absolute atomic E-state index is 0.0765. The normalized spacial score (nSPS) is 13.8. The number of nitrogens with one attached hydrogen (secondary N) is 1. The molecule has 0 aliphatic rings. The molecule has 0 saturated heterocycles. The molecule has 0 heterocycles. The molecule has 0 radical (unpaired) electrons. The lowest BCUT2D eigenvalue weighted by atomic mass is 10.1. The van der Waals surface area contributed by atoms with Crippen LogP contribution in [0.2, 0.25) is 0 Å². The van der Waals surface area contributed by atoms with E-state index in [-0.39, 0.29) is 17.5 Å². The largest absolute Gasteiger partial charge is 0.327 e. The van der Waals surface area contributed by atoms with E-state index in [0.717, 1.165) is 12.5 Å². The molecule has 1 rings (SSSR count). The predicted octanol–water partition coefficient (Wildman–Crippen LogP) is 1.79. The zero-order chi connectivity index (χ0) is 14.6. The zero-order valence-corrected chi connectivity index (χ0v) is 12.3. The molecule has 4 nitrogen and oxygen atoms in total. The van der Waals surface area contributed by atoms with E-state index in [4.69, 9.17) is 5.73 Å². The van der Waals surface area contributed by atoms with Gasteiger partial charge in [0.05, 0.1) is 4.90 Å². The minimum atomic E-state index is -3.70. The second kappa shape index (κ2) is 6.45. The quantitative estimate of drug-likeness (QED) is 0.838. The van der Waals surface area contributed by atoms with E-state index in [1.807, 2.05) is 13.8 Å². The Morgan fingerprint density at radius 1 is 1.37 bits per heavy atom. The Bertz CT molecular complexity index is 529. The summed E-state index contributed by atoms with van der Waals surface area (Å²) in [4.78, 5) is -0.0765. The summed E-state index contributed by atoms with van der Waals surface area (Å²) in [6.45, 7) is 5.77. The smallest absolute Gasteiger partial charge is 0.240 e. The lowest BCUT2D eigenvalue weighted by Gasteiger charge is -2.15. The van der Waals surface area contributed by atoms with Crippen LogP contribution in [0, 0.1) is 18.7 Å². The summed E-state index contributed by atoms with van der Waals surface area (Å²) in [6, 6.07) is 3.60. The Labute approximate surface area is 114 Å². The van der Waals surface area contributed by atoms with Gasteiger partial charge in [0, 0.05) is 12.6 Å². The maximum Gasteiger partial charge on any atom is 0.240 e. The summed E-state index contributed by atoms with van der Waals surface area (Å²) < 4.78 is 39.7. The highest BCUT2D eigenvalue weighted by molar-refractivity contribution is 7.89. The van der Waals surface area contributed by atoms with Gasteiger partial charge in [0.25, 0.3) is 0 Å². The number of rotatable bonds is 6. The second-order valence-corrected chi connectivity index (χ2v) is 6.92. The van der Waals surface area contributed by atoms with E-state index >= 15 is 0 Å². The third-order valence-corrected chi connectivity index (χ3v) is 4.18. The SMILES string of the molecule is Cc1ccc(S(=O)(=O)NCC(N)CC(C)C)cc1F. The molecule has 1 atom stereocenters. The molecule has 1 aromatic rings. The van der Waals surface area contributed by atoms with Crippen LogP contribution in [0.4, 0.5) is 4.39 Å². The van der Waals surface area contributed by atoms with Crippen molar-refractivity contribution in [2.24, 2.45) is 11.7 Å². The molecular weight excluding hydrogens is 267 g/mol. The predicted molar refractivity (Wildman–Crippen MR) is 73.8 cm³/mol. The average Bonchev–Trinajstić information content (AvgIpc) is 2.29. The fourth-order valence-corrected chi connectivity index (χ4v) is 2.84. The molecule has 1 aromatic carbocycles. The van der Waals surface area contributed by atoms with E-state index in [9.17, 15) is 12.8 Å². The fraction of sp³-hybridized carbons (Fsp3) is 0.538. The topological polar surface area (TPSA) is 72.2 Å². The number of sulfonamides is 1. The molecule has 0 spiro atoms. The van der Waals surface area contributed by atoms with Crippen molar-refractivity contribution in [1.82, 2.24) is 4.72 Å². The van der Waals surface area contributed by atoms with Gasteiger partial charge in [0.15, 0.2) is 0 Å². The lowest BCUT2D eigenvalue weighted by molar-refractivity contribution is 0.485. The molecule has 0 aromatic heterocycles. The van der Waals surface area contributed by atoms with E-state index in [1.165, 1.54) is 12.1 Å². The van der Waals surface area contributed by atoms with Crippen molar-refractivity contribution in [1.29, 1.82) is 0 Å². The van der Waals surface area contributed by atoms with Crippen molar-refractivity contribution < 1.29 is 12.8 Å². The standard InChI is InChI=1S/C13H21FN2O2S/c1-9(2)6-11(15)8-16-19(17,18)12-5-4-10(3)13(14)7-12/h4-5,7,9,11,16H,6,8,15H2,1-3H3. The first-order valence-corrected chi connectivity index (χ1v) is 7.72. The van der Waals surface area contributed by atoms with Crippen LogP contribution < -0.4 is 10.5 Å². The first-order chi connectivity index (χ1) is 8.72. The number of halogens is 1. The molecule has 3 N–H and O–H groups in total. The van der Waals surface area contributed by atoms with Gasteiger partial charge in [-0.3, -0.25) is 0 Å². The number of nitrogens with two attached hydrogens (primary N) is 1. The second-order valence-electron chi connectivity index (χ2n) is 5.15. The third kappa shape index (κ3) is 4.89. The summed E-state index contributed by atoms with van der Waals surface area (Å²) in [5.74, 6) is -0.134. The van der Waals surface area contributed by atoms with E-state index in [1.54, 1.807) is 6.92 Å². The number of aryl methyl sites for hydroxylation is 1.